The van der Waals surface area contributed by atoms with Gasteiger partial charge in [0.15, 0.2) is 11.6 Å². The average molecular weight is 316 g/mol. The molecule has 0 radical (unpaired) electrons. The minimum Gasteiger partial charge on any atom is -0.395 e. The van der Waals surface area contributed by atoms with E-state index in [2.05, 4.69) is 4.90 Å². The lowest BCUT2D eigenvalue weighted by Gasteiger charge is -2.38. The van der Waals surface area contributed by atoms with Gasteiger partial charge in [-0.25, -0.2) is 13.2 Å². The molecular weight excluding hydrogens is 297 g/mol. The van der Waals surface area contributed by atoms with E-state index in [1.807, 2.05) is 6.92 Å². The van der Waals surface area contributed by atoms with Crippen molar-refractivity contribution < 1.29 is 23.1 Å². The number of carbonyl (C=O) groups excluding carboxylic acids is 1. The fraction of sp³-hybridized carbons (Fsp3) is 0.533. The number of piperazine rings is 1. The summed E-state index contributed by atoms with van der Waals surface area (Å²) in [5.74, 6) is -4.26. The first kappa shape index (κ1) is 16.8. The zero-order chi connectivity index (χ0) is 16.3. The number of hydrogen-bond donors (Lipinski definition) is 1. The van der Waals surface area contributed by atoms with Crippen molar-refractivity contribution in [3.8, 4) is 0 Å². The van der Waals surface area contributed by atoms with Crippen molar-refractivity contribution in [2.45, 2.75) is 19.4 Å². The normalized spacial score (nSPS) is 17.6. The molecule has 1 N–H and O–H groups in total. The highest BCUT2D eigenvalue weighted by molar-refractivity contribution is 5.94. The molecule has 22 heavy (non-hydrogen) atoms. The van der Waals surface area contributed by atoms with Crippen LogP contribution in [0.5, 0.6) is 0 Å². The quantitative estimate of drug-likeness (QED) is 0.859. The molecular formula is C15H19F3N2O2. The first-order valence-corrected chi connectivity index (χ1v) is 7.26. The molecule has 2 rings (SSSR count). The Morgan fingerprint density at radius 3 is 2.27 bits per heavy atom. The van der Waals surface area contributed by atoms with Crippen LogP contribution in [0.3, 0.4) is 0 Å². The van der Waals surface area contributed by atoms with Crippen LogP contribution in [-0.4, -0.2) is 59.6 Å². The summed E-state index contributed by atoms with van der Waals surface area (Å²) < 4.78 is 39.8. The molecule has 0 bridgehead atoms. The predicted octanol–water partition coefficient (Wildman–Crippen LogP) is 1.63. The van der Waals surface area contributed by atoms with Gasteiger partial charge in [-0.2, -0.15) is 0 Å². The Morgan fingerprint density at radius 1 is 1.14 bits per heavy atom. The van der Waals surface area contributed by atoms with Crippen LogP contribution >= 0.6 is 0 Å². The Bertz CT molecular complexity index is 542. The van der Waals surface area contributed by atoms with Crippen molar-refractivity contribution in [2.75, 3.05) is 32.8 Å². The van der Waals surface area contributed by atoms with Gasteiger partial charge in [0.05, 0.1) is 12.2 Å². The highest BCUT2D eigenvalue weighted by Crippen LogP contribution is 2.17. The lowest BCUT2D eigenvalue weighted by atomic mass is 10.1. The highest BCUT2D eigenvalue weighted by Gasteiger charge is 2.27. The maximum absolute atomic E-state index is 13.7. The molecule has 1 heterocycles. The van der Waals surface area contributed by atoms with E-state index < -0.39 is 28.9 Å². The molecule has 1 unspecified atom stereocenters. The Kier molecular flexibility index (Phi) is 5.42. The van der Waals surface area contributed by atoms with Gasteiger partial charge in [-0.15, -0.1) is 0 Å². The van der Waals surface area contributed by atoms with Crippen LogP contribution in [0.2, 0.25) is 0 Å². The smallest absolute Gasteiger partial charge is 0.257 e. The van der Waals surface area contributed by atoms with Gasteiger partial charge < -0.3 is 10.0 Å². The van der Waals surface area contributed by atoms with Crippen LogP contribution in [0, 0.1) is 17.5 Å². The number of nitrogens with zero attached hydrogens (tertiary/aromatic N) is 2. The largest absolute Gasteiger partial charge is 0.395 e. The number of benzene rings is 1. The summed E-state index contributed by atoms with van der Waals surface area (Å²) >= 11 is 0. The number of halogens is 3. The first-order chi connectivity index (χ1) is 10.5. The zero-order valence-electron chi connectivity index (χ0n) is 12.4. The minimum atomic E-state index is -1.31. The van der Waals surface area contributed by atoms with Gasteiger partial charge in [-0.05, 0) is 12.5 Å². The summed E-state index contributed by atoms with van der Waals surface area (Å²) in [7, 11) is 0. The third-order valence-corrected chi connectivity index (χ3v) is 4.04. The molecule has 0 saturated carbocycles. The van der Waals surface area contributed by atoms with E-state index in [0.29, 0.717) is 38.3 Å². The summed E-state index contributed by atoms with van der Waals surface area (Å²) in [6, 6.07) is 1.02. The topological polar surface area (TPSA) is 43.8 Å². The average Bonchev–Trinajstić information content (AvgIpc) is 2.52. The number of rotatable bonds is 4. The second-order valence-electron chi connectivity index (χ2n) is 5.32. The third-order valence-electron chi connectivity index (χ3n) is 4.04. The number of aliphatic hydroxyl groups excluding tert-OH is 1. The Balaban J connectivity index is 2.05. The molecule has 1 aliphatic heterocycles. The molecule has 0 aromatic heterocycles. The van der Waals surface area contributed by atoms with E-state index in [0.717, 1.165) is 6.42 Å². The molecule has 0 aliphatic carbocycles. The molecule has 1 aromatic carbocycles. The summed E-state index contributed by atoms with van der Waals surface area (Å²) in [6.07, 6.45) is 0.794. The van der Waals surface area contributed by atoms with E-state index in [1.165, 1.54) is 4.90 Å². The molecule has 122 valence electrons. The maximum Gasteiger partial charge on any atom is 0.257 e. The lowest BCUT2D eigenvalue weighted by Crippen LogP contribution is -2.52. The number of aliphatic hydroxyl groups is 1. The van der Waals surface area contributed by atoms with E-state index in [9.17, 15) is 23.1 Å². The van der Waals surface area contributed by atoms with Crippen LogP contribution in [-0.2, 0) is 0 Å². The summed E-state index contributed by atoms with van der Waals surface area (Å²) in [5.41, 5.74) is -0.457. The number of amides is 1. The highest BCUT2D eigenvalue weighted by atomic mass is 19.2. The Morgan fingerprint density at radius 2 is 1.73 bits per heavy atom. The van der Waals surface area contributed by atoms with Gasteiger partial charge in [0, 0.05) is 38.3 Å². The molecule has 1 aromatic rings. The first-order valence-electron chi connectivity index (χ1n) is 7.26. The van der Waals surface area contributed by atoms with Gasteiger partial charge in [0.25, 0.3) is 5.91 Å². The van der Waals surface area contributed by atoms with Crippen LogP contribution in [0.25, 0.3) is 0 Å². The molecule has 1 amide bonds. The fourth-order valence-corrected chi connectivity index (χ4v) is 2.65. The molecule has 4 nitrogen and oxygen atoms in total. The van der Waals surface area contributed by atoms with Crippen LogP contribution in [0.15, 0.2) is 12.1 Å². The van der Waals surface area contributed by atoms with Crippen molar-refractivity contribution in [1.29, 1.82) is 0 Å². The van der Waals surface area contributed by atoms with Gasteiger partial charge in [-0.1, -0.05) is 6.92 Å². The molecule has 1 fully saturated rings. The van der Waals surface area contributed by atoms with Gasteiger partial charge in [0.1, 0.15) is 5.82 Å². The van der Waals surface area contributed by atoms with E-state index in [4.69, 9.17) is 0 Å². The Hall–Kier alpha value is -1.60. The second kappa shape index (κ2) is 7.11. The minimum absolute atomic E-state index is 0.0391. The van der Waals surface area contributed by atoms with Crippen molar-refractivity contribution in [1.82, 2.24) is 9.80 Å². The molecule has 7 heteroatoms. The van der Waals surface area contributed by atoms with Crippen LogP contribution < -0.4 is 0 Å². The van der Waals surface area contributed by atoms with E-state index >= 15 is 0 Å². The SMILES string of the molecule is CCC(CO)N1CCN(C(=O)c2cc(F)c(F)cc2F)CC1. The van der Waals surface area contributed by atoms with Crippen LogP contribution in [0.4, 0.5) is 13.2 Å². The molecule has 1 aliphatic rings. The summed E-state index contributed by atoms with van der Waals surface area (Å²) in [5, 5.41) is 9.28. The van der Waals surface area contributed by atoms with Crippen LogP contribution in [0.1, 0.15) is 23.7 Å². The number of carbonyl (C=O) groups is 1. The second-order valence-corrected chi connectivity index (χ2v) is 5.32. The van der Waals surface area contributed by atoms with Gasteiger partial charge >= 0.3 is 0 Å². The maximum atomic E-state index is 13.7. The number of hydrogen-bond acceptors (Lipinski definition) is 3. The molecule has 1 atom stereocenters. The van der Waals surface area contributed by atoms with Crippen molar-refractivity contribution in [3.05, 3.63) is 35.1 Å². The monoisotopic (exact) mass is 316 g/mol. The van der Waals surface area contributed by atoms with E-state index in [1.54, 1.807) is 0 Å². The van der Waals surface area contributed by atoms with Gasteiger partial charge in [-0.3, -0.25) is 9.69 Å². The molecule has 0 spiro atoms. The van der Waals surface area contributed by atoms with Crippen molar-refractivity contribution in [3.63, 3.8) is 0 Å². The third kappa shape index (κ3) is 3.41. The summed E-state index contributed by atoms with van der Waals surface area (Å²) in [4.78, 5) is 15.7. The predicted molar refractivity (Wildman–Crippen MR) is 75.0 cm³/mol. The lowest BCUT2D eigenvalue weighted by molar-refractivity contribution is 0.0468. The van der Waals surface area contributed by atoms with Crippen molar-refractivity contribution >= 4 is 5.91 Å². The Labute approximate surface area is 127 Å². The van der Waals surface area contributed by atoms with Crippen molar-refractivity contribution in [2.24, 2.45) is 0 Å². The fourth-order valence-electron chi connectivity index (χ4n) is 2.65. The standard InChI is InChI=1S/C15H19F3N2O2/c1-2-10(9-21)19-3-5-20(6-4-19)15(22)11-7-13(17)14(18)8-12(11)16/h7-8,10,21H,2-6,9H2,1H3. The molecule has 1 saturated heterocycles. The summed E-state index contributed by atoms with van der Waals surface area (Å²) in [6.45, 7) is 3.82. The van der Waals surface area contributed by atoms with E-state index in [-0.39, 0.29) is 12.6 Å². The van der Waals surface area contributed by atoms with Gasteiger partial charge in [0.2, 0.25) is 0 Å². The zero-order valence-corrected chi connectivity index (χ0v) is 12.4.